The van der Waals surface area contributed by atoms with Crippen LogP contribution >= 0.6 is 0 Å². The smallest absolute Gasteiger partial charge is 0.309 e. The molecule has 2 N–H and O–H groups in total. The minimum absolute atomic E-state index is 0.0160. The summed E-state index contributed by atoms with van der Waals surface area (Å²) in [5.74, 6) is 0.920. The van der Waals surface area contributed by atoms with E-state index >= 15 is 0 Å². The zero-order chi connectivity index (χ0) is 40.8. The van der Waals surface area contributed by atoms with Gasteiger partial charge >= 0.3 is 11.9 Å². The van der Waals surface area contributed by atoms with Crippen LogP contribution in [0.1, 0.15) is 132 Å². The number of carbonyl (C=O) groups is 3. The molecular weight excluding hydrogens is 710 g/mol. The van der Waals surface area contributed by atoms with E-state index in [4.69, 9.17) is 14.9 Å². The highest BCUT2D eigenvalue weighted by atomic mass is 19.1. The molecule has 5 aliphatic rings. The standard InChI is InChI=1S/C45H64FN5O5/c1-26(2)35-30(52)23-45(38-50-49-37(51(38)22-21-47-10)29-13-11-27(46)25-48-29)20-19-43(8)28(36(35)45)12-14-32-42(7)17-16-33(56-34(53)24-40(3,4)39(54)55)41(5,6)31(42)15-18-44(32,43)9/h11,13,25-26,28,31-33,47H,12,14-24H2,1-10H3,(H,54,55)/t28-,31+,32-,33+,42+,43-,44-,45-/m1/s1. The van der Waals surface area contributed by atoms with E-state index in [1.165, 1.54) is 17.8 Å². The van der Waals surface area contributed by atoms with Gasteiger partial charge in [-0.25, -0.2) is 9.37 Å². The summed E-state index contributed by atoms with van der Waals surface area (Å²) < 4.78 is 22.3. The quantitative estimate of drug-likeness (QED) is 0.228. The lowest BCUT2D eigenvalue weighted by Gasteiger charge is -2.72. The number of allylic oxidation sites excluding steroid dienone is 2. The Morgan fingerprint density at radius 1 is 1.00 bits per heavy atom. The number of halogens is 1. The summed E-state index contributed by atoms with van der Waals surface area (Å²) in [5.41, 5.74) is 0.835. The summed E-state index contributed by atoms with van der Waals surface area (Å²) in [7, 11) is 1.92. The number of hydrogen-bond donors (Lipinski definition) is 2. The first kappa shape index (κ1) is 40.7. The number of nitrogens with one attached hydrogen (secondary N) is 1. The highest BCUT2D eigenvalue weighted by molar-refractivity contribution is 6.01. The molecule has 7 rings (SSSR count). The maximum atomic E-state index is 14.4. The molecule has 0 aliphatic heterocycles. The van der Waals surface area contributed by atoms with E-state index in [1.54, 1.807) is 19.9 Å². The number of carbonyl (C=O) groups excluding carboxylic acids is 2. The van der Waals surface area contributed by atoms with Crippen molar-refractivity contribution in [3.8, 4) is 11.5 Å². The number of aromatic nitrogens is 4. The number of fused-ring (bicyclic) bond motifs is 7. The van der Waals surface area contributed by atoms with Gasteiger partial charge in [0, 0.05) is 24.9 Å². The van der Waals surface area contributed by atoms with Crippen molar-refractivity contribution in [2.24, 2.45) is 50.7 Å². The molecule has 5 aliphatic carbocycles. The van der Waals surface area contributed by atoms with Gasteiger partial charge in [0.15, 0.2) is 11.6 Å². The predicted octanol–water partition coefficient (Wildman–Crippen LogP) is 8.34. The Bertz CT molecular complexity index is 1940. The highest BCUT2D eigenvalue weighted by Crippen LogP contribution is 2.76. The van der Waals surface area contributed by atoms with E-state index in [9.17, 15) is 23.9 Å². The third kappa shape index (κ3) is 5.93. The molecule has 0 bridgehead atoms. The second-order valence-electron chi connectivity index (χ2n) is 20.4. The van der Waals surface area contributed by atoms with Gasteiger partial charge < -0.3 is 19.7 Å². The van der Waals surface area contributed by atoms with Gasteiger partial charge in [0.2, 0.25) is 0 Å². The van der Waals surface area contributed by atoms with Crippen molar-refractivity contribution in [3.63, 3.8) is 0 Å². The van der Waals surface area contributed by atoms with Gasteiger partial charge in [0.25, 0.3) is 0 Å². The zero-order valence-electron chi connectivity index (χ0n) is 35.4. The molecule has 306 valence electrons. The summed E-state index contributed by atoms with van der Waals surface area (Å²) in [6, 6.07) is 3.06. The fourth-order valence-electron chi connectivity index (χ4n) is 13.5. The Morgan fingerprint density at radius 2 is 1.73 bits per heavy atom. The van der Waals surface area contributed by atoms with Crippen molar-refractivity contribution in [3.05, 3.63) is 41.1 Å². The van der Waals surface area contributed by atoms with Crippen LogP contribution in [0.15, 0.2) is 29.5 Å². The Labute approximate surface area is 332 Å². The van der Waals surface area contributed by atoms with Crippen molar-refractivity contribution in [2.75, 3.05) is 13.6 Å². The predicted molar refractivity (Wildman–Crippen MR) is 212 cm³/mol. The van der Waals surface area contributed by atoms with Crippen LogP contribution in [0, 0.1) is 56.6 Å². The van der Waals surface area contributed by atoms with Crippen molar-refractivity contribution in [2.45, 2.75) is 145 Å². The van der Waals surface area contributed by atoms with Gasteiger partial charge in [-0.2, -0.15) is 0 Å². The normalized spacial score (nSPS) is 35.1. The molecule has 0 radical (unpaired) electrons. The molecule has 4 saturated carbocycles. The number of likely N-dealkylation sites (N-methyl/N-ethyl adjacent to an activating group) is 1. The second kappa shape index (κ2) is 13.8. The molecule has 0 amide bonds. The van der Waals surface area contributed by atoms with Crippen molar-refractivity contribution in [1.82, 2.24) is 25.1 Å². The minimum atomic E-state index is -1.18. The third-order valence-corrected chi connectivity index (χ3v) is 16.5. The molecule has 10 nitrogen and oxygen atoms in total. The van der Waals surface area contributed by atoms with Crippen LogP contribution in [0.2, 0.25) is 0 Å². The van der Waals surface area contributed by atoms with Gasteiger partial charge in [0.05, 0.1) is 23.4 Å². The number of carboxylic acids is 1. The Hall–Kier alpha value is -3.47. The van der Waals surface area contributed by atoms with Gasteiger partial charge in [-0.3, -0.25) is 14.4 Å². The van der Waals surface area contributed by atoms with E-state index < -0.39 is 28.6 Å². The topological polar surface area (TPSA) is 136 Å². The van der Waals surface area contributed by atoms with Crippen molar-refractivity contribution in [1.29, 1.82) is 0 Å². The number of nitrogens with zero attached hydrogens (tertiary/aromatic N) is 4. The Balaban J connectivity index is 1.24. The van der Waals surface area contributed by atoms with Crippen molar-refractivity contribution < 1.29 is 28.6 Å². The number of ketones is 1. The lowest BCUT2D eigenvalue weighted by molar-refractivity contribution is -0.232. The SMILES string of the molecule is CNCCn1c(-c2ccc(F)cn2)nnc1[C@@]12CC[C@]3(C)[C@H](CC[C@@H]4[C@@]5(C)CC[C@H](OC(=O)CC(C)(C)C(=O)O)C(C)(C)[C@@H]5CC[C@]43C)C1=C(C(C)C)C(=O)C2. The van der Waals surface area contributed by atoms with Crippen LogP contribution in [0.3, 0.4) is 0 Å². The molecule has 8 atom stereocenters. The van der Waals surface area contributed by atoms with Gasteiger partial charge in [-0.15, -0.1) is 10.2 Å². The van der Waals surface area contributed by atoms with Crippen LogP contribution in [0.25, 0.3) is 11.5 Å². The summed E-state index contributed by atoms with van der Waals surface area (Å²) in [5, 5.41) is 22.6. The molecule has 11 heteroatoms. The molecule has 0 unspecified atom stereocenters. The summed E-state index contributed by atoms with van der Waals surface area (Å²) in [6.45, 7) is 20.9. The summed E-state index contributed by atoms with van der Waals surface area (Å²) >= 11 is 0. The first-order valence-electron chi connectivity index (χ1n) is 21.1. The summed E-state index contributed by atoms with van der Waals surface area (Å²) in [4.78, 5) is 43.8. The number of pyridine rings is 1. The number of esters is 1. The van der Waals surface area contributed by atoms with E-state index in [1.807, 2.05) is 7.05 Å². The Kier molecular flexibility index (Phi) is 10.1. The molecule has 0 aromatic carbocycles. The van der Waals surface area contributed by atoms with E-state index in [0.29, 0.717) is 42.9 Å². The van der Waals surface area contributed by atoms with Gasteiger partial charge in [-0.05, 0) is 135 Å². The molecular formula is C45H64FN5O5. The van der Waals surface area contributed by atoms with Crippen molar-refractivity contribution >= 4 is 17.7 Å². The van der Waals surface area contributed by atoms with Crippen LogP contribution in [-0.2, 0) is 31.1 Å². The maximum Gasteiger partial charge on any atom is 0.309 e. The molecule has 4 fully saturated rings. The number of rotatable bonds is 10. The molecule has 2 aromatic rings. The molecule has 56 heavy (non-hydrogen) atoms. The minimum Gasteiger partial charge on any atom is -0.481 e. The van der Waals surface area contributed by atoms with E-state index in [0.717, 1.165) is 62.8 Å². The first-order chi connectivity index (χ1) is 26.2. The second-order valence-corrected chi connectivity index (χ2v) is 20.4. The fourth-order valence-corrected chi connectivity index (χ4v) is 13.5. The number of aliphatic carboxylic acids is 1. The van der Waals surface area contributed by atoms with Gasteiger partial charge in [0.1, 0.15) is 23.4 Å². The monoisotopic (exact) mass is 773 g/mol. The van der Waals surface area contributed by atoms with Crippen LogP contribution in [-0.4, -0.2) is 62.3 Å². The van der Waals surface area contributed by atoms with E-state index in [-0.39, 0.29) is 51.8 Å². The van der Waals surface area contributed by atoms with Crippen LogP contribution in [0.4, 0.5) is 4.39 Å². The van der Waals surface area contributed by atoms with Crippen LogP contribution in [0.5, 0.6) is 0 Å². The average Bonchev–Trinajstić information content (AvgIpc) is 3.68. The fraction of sp³-hybridized carbons (Fsp3) is 0.733. The maximum absolute atomic E-state index is 14.4. The highest BCUT2D eigenvalue weighted by Gasteiger charge is 2.71. The number of Topliss-reactive ketones (excluding diaryl/α,β-unsaturated/α-hetero) is 1. The first-order valence-corrected chi connectivity index (χ1v) is 21.1. The average molecular weight is 774 g/mol. The lowest BCUT2D eigenvalue weighted by Crippen LogP contribution is -2.66. The largest absolute Gasteiger partial charge is 0.481 e. The lowest BCUT2D eigenvalue weighted by atomic mass is 9.33. The third-order valence-electron chi connectivity index (χ3n) is 16.5. The molecule has 0 spiro atoms. The number of hydrogen-bond acceptors (Lipinski definition) is 8. The van der Waals surface area contributed by atoms with Gasteiger partial charge in [-0.1, -0.05) is 48.5 Å². The molecule has 2 heterocycles. The zero-order valence-corrected chi connectivity index (χ0v) is 35.4. The molecule has 2 aromatic heterocycles. The van der Waals surface area contributed by atoms with E-state index in [2.05, 4.69) is 63.3 Å². The number of carboxylic acid groups (broad SMARTS) is 1. The summed E-state index contributed by atoms with van der Waals surface area (Å²) in [6.07, 6.45) is 8.86. The number of ether oxygens (including phenoxy) is 1. The Morgan fingerprint density at radius 3 is 2.38 bits per heavy atom. The molecule has 0 saturated heterocycles. The van der Waals surface area contributed by atoms with Crippen LogP contribution < -0.4 is 5.32 Å².